The monoisotopic (exact) mass is 361 g/mol. The molecule has 2 atom stereocenters. The highest BCUT2D eigenvalue weighted by Crippen LogP contribution is 2.29. The van der Waals surface area contributed by atoms with Gasteiger partial charge in [-0.05, 0) is 54.8 Å². The van der Waals surface area contributed by atoms with Crippen molar-refractivity contribution in [2.75, 3.05) is 12.1 Å². The molecule has 2 aliphatic rings. The van der Waals surface area contributed by atoms with Crippen LogP contribution in [0.25, 0.3) is 0 Å². The van der Waals surface area contributed by atoms with Crippen LogP contribution in [0.3, 0.4) is 0 Å². The van der Waals surface area contributed by atoms with Gasteiger partial charge in [-0.2, -0.15) is 5.10 Å². The van der Waals surface area contributed by atoms with E-state index < -0.39 is 0 Å². The van der Waals surface area contributed by atoms with E-state index in [1.165, 1.54) is 11.1 Å². The number of nitrogens with one attached hydrogen (secondary N) is 1. The number of hydrazone groups is 1. The molecule has 2 aromatic rings. The van der Waals surface area contributed by atoms with Gasteiger partial charge in [0.05, 0.1) is 31.6 Å². The summed E-state index contributed by atoms with van der Waals surface area (Å²) in [6, 6.07) is 14.4. The summed E-state index contributed by atoms with van der Waals surface area (Å²) in [5.74, 6) is 1.76. The zero-order valence-corrected chi connectivity index (χ0v) is 15.8. The van der Waals surface area contributed by atoms with E-state index in [0.29, 0.717) is 6.54 Å². The van der Waals surface area contributed by atoms with Gasteiger partial charge in [0.25, 0.3) is 0 Å². The molecule has 0 aliphatic carbocycles. The Kier molecular flexibility index (Phi) is 4.62. The second-order valence-corrected chi connectivity index (χ2v) is 6.87. The van der Waals surface area contributed by atoms with Gasteiger partial charge in [0.1, 0.15) is 11.6 Å². The lowest BCUT2D eigenvalue weighted by atomic mass is 10.0. The predicted octanol–water partition coefficient (Wildman–Crippen LogP) is 3.29. The Morgan fingerprint density at radius 3 is 2.56 bits per heavy atom. The molecule has 0 saturated carbocycles. The van der Waals surface area contributed by atoms with Crippen molar-refractivity contribution in [1.82, 2.24) is 5.32 Å². The second-order valence-electron chi connectivity index (χ2n) is 6.87. The summed E-state index contributed by atoms with van der Waals surface area (Å²) in [5.41, 5.74) is 4.62. The third kappa shape index (κ3) is 3.56. The number of hydrogen-bond donors (Lipinski definition) is 1. The molecule has 0 radical (unpaired) electrons. The molecule has 6 heteroatoms. The van der Waals surface area contributed by atoms with Crippen molar-refractivity contribution in [2.45, 2.75) is 26.6 Å². The van der Waals surface area contributed by atoms with E-state index in [0.717, 1.165) is 22.8 Å². The first kappa shape index (κ1) is 17.3. The zero-order chi connectivity index (χ0) is 18.8. The molecule has 6 nitrogen and oxygen atoms in total. The Labute approximate surface area is 159 Å². The quantitative estimate of drug-likeness (QED) is 0.909. The van der Waals surface area contributed by atoms with Crippen LogP contribution in [0, 0.1) is 19.8 Å². The number of anilines is 1. The Morgan fingerprint density at radius 2 is 1.85 bits per heavy atom. The lowest BCUT2D eigenvalue weighted by molar-refractivity contribution is 0.414. The molecule has 2 aromatic carbocycles. The number of ether oxygens (including phenoxy) is 1. The van der Waals surface area contributed by atoms with Gasteiger partial charge in [0, 0.05) is 6.21 Å². The van der Waals surface area contributed by atoms with Gasteiger partial charge in [0.2, 0.25) is 0 Å². The number of benzene rings is 2. The van der Waals surface area contributed by atoms with Crippen LogP contribution in [-0.2, 0) is 6.54 Å². The molecule has 0 fully saturated rings. The van der Waals surface area contributed by atoms with Crippen LogP contribution in [0.5, 0.6) is 5.75 Å². The Hall–Kier alpha value is -3.15. The number of nitrogens with zero attached hydrogens (tertiary/aromatic N) is 4. The number of hydrogen-bond acceptors (Lipinski definition) is 5. The maximum Gasteiger partial charge on any atom is 0.158 e. The molecule has 0 saturated heterocycles. The summed E-state index contributed by atoms with van der Waals surface area (Å²) in [6.45, 7) is 4.79. The number of amidine groups is 1. The highest BCUT2D eigenvalue weighted by Gasteiger charge is 2.37. The number of aryl methyl sites for hydroxylation is 2. The Morgan fingerprint density at radius 1 is 1.11 bits per heavy atom. The van der Waals surface area contributed by atoms with Crippen LogP contribution in [0.1, 0.15) is 16.7 Å². The number of aliphatic imine (C=N–C) groups is 2. The summed E-state index contributed by atoms with van der Waals surface area (Å²) >= 11 is 0. The minimum absolute atomic E-state index is 0.0223. The molecule has 0 bridgehead atoms. The molecule has 138 valence electrons. The van der Waals surface area contributed by atoms with Gasteiger partial charge in [-0.1, -0.05) is 18.2 Å². The molecule has 4 rings (SSSR count). The van der Waals surface area contributed by atoms with E-state index in [-0.39, 0.29) is 12.1 Å². The highest BCUT2D eigenvalue weighted by atomic mass is 16.5. The molecule has 1 N–H and O–H groups in total. The van der Waals surface area contributed by atoms with Crippen LogP contribution in [0.15, 0.2) is 57.6 Å². The molecule has 0 aromatic heterocycles. The SMILES string of the molecule is COc1ccc(CN=C2NC=NC3C2C=NN3c2cc(C)cc(C)c2)cc1. The standard InChI is InChI=1S/C21H23N5O/c1-14-8-15(2)10-17(9-14)26-21-19(12-25-26)20(23-13-24-21)22-11-16-4-6-18(27-3)7-5-16/h4-10,12-13,19,21H,11H2,1-3H3,(H,22,23,24). The fraction of sp³-hybridized carbons (Fsp3) is 0.286. The molecule has 2 heterocycles. The largest absolute Gasteiger partial charge is 0.497 e. The zero-order valence-electron chi connectivity index (χ0n) is 15.8. The first-order valence-corrected chi connectivity index (χ1v) is 9.01. The second kappa shape index (κ2) is 7.23. The van der Waals surface area contributed by atoms with Crippen molar-refractivity contribution in [3.05, 3.63) is 59.2 Å². The van der Waals surface area contributed by atoms with E-state index in [2.05, 4.69) is 47.5 Å². The van der Waals surface area contributed by atoms with Crippen molar-refractivity contribution < 1.29 is 4.74 Å². The third-order valence-electron chi connectivity index (χ3n) is 4.74. The first-order valence-electron chi connectivity index (χ1n) is 9.01. The first-order chi connectivity index (χ1) is 13.1. The maximum atomic E-state index is 5.20. The van der Waals surface area contributed by atoms with Crippen molar-refractivity contribution in [2.24, 2.45) is 21.0 Å². The van der Waals surface area contributed by atoms with Gasteiger partial charge >= 0.3 is 0 Å². The summed E-state index contributed by atoms with van der Waals surface area (Å²) in [6.07, 6.45) is 3.55. The number of fused-ring (bicyclic) bond motifs is 1. The van der Waals surface area contributed by atoms with Crippen LogP contribution in [-0.4, -0.2) is 31.7 Å². The van der Waals surface area contributed by atoms with Crippen LogP contribution >= 0.6 is 0 Å². The average Bonchev–Trinajstić information content (AvgIpc) is 3.11. The van der Waals surface area contributed by atoms with Crippen molar-refractivity contribution in [3.63, 3.8) is 0 Å². The summed E-state index contributed by atoms with van der Waals surface area (Å²) in [5, 5.41) is 9.79. The minimum atomic E-state index is -0.0953. The normalized spacial score (nSPS) is 22.0. The summed E-state index contributed by atoms with van der Waals surface area (Å²) in [4.78, 5) is 9.37. The molecule has 2 aliphatic heterocycles. The molecule has 0 amide bonds. The van der Waals surface area contributed by atoms with Gasteiger partial charge < -0.3 is 10.1 Å². The van der Waals surface area contributed by atoms with Gasteiger partial charge in [-0.15, -0.1) is 0 Å². The molecular weight excluding hydrogens is 338 g/mol. The van der Waals surface area contributed by atoms with E-state index in [1.54, 1.807) is 13.4 Å². The van der Waals surface area contributed by atoms with Crippen molar-refractivity contribution in [1.29, 1.82) is 0 Å². The van der Waals surface area contributed by atoms with Crippen LogP contribution in [0.4, 0.5) is 5.69 Å². The number of methoxy groups -OCH3 is 1. The summed E-state index contributed by atoms with van der Waals surface area (Å²) < 4.78 is 5.20. The van der Waals surface area contributed by atoms with Crippen LogP contribution in [0.2, 0.25) is 0 Å². The lowest BCUT2D eigenvalue weighted by Gasteiger charge is -2.28. The molecular formula is C21H23N5O. The lowest BCUT2D eigenvalue weighted by Crippen LogP contribution is -2.45. The molecule has 0 spiro atoms. The maximum absolute atomic E-state index is 5.20. The van der Waals surface area contributed by atoms with Gasteiger partial charge in [0.15, 0.2) is 6.17 Å². The summed E-state index contributed by atoms with van der Waals surface area (Å²) in [7, 11) is 1.67. The minimum Gasteiger partial charge on any atom is -0.497 e. The van der Waals surface area contributed by atoms with Crippen molar-refractivity contribution >= 4 is 24.1 Å². The fourth-order valence-electron chi connectivity index (χ4n) is 3.45. The fourth-order valence-corrected chi connectivity index (χ4v) is 3.45. The van der Waals surface area contributed by atoms with Crippen LogP contribution < -0.4 is 15.1 Å². The number of rotatable bonds is 4. The molecule has 27 heavy (non-hydrogen) atoms. The van der Waals surface area contributed by atoms with E-state index in [9.17, 15) is 0 Å². The van der Waals surface area contributed by atoms with Crippen molar-refractivity contribution in [3.8, 4) is 5.75 Å². The van der Waals surface area contributed by atoms with Gasteiger partial charge in [-0.25, -0.2) is 10.0 Å². The third-order valence-corrected chi connectivity index (χ3v) is 4.74. The predicted molar refractivity (Wildman–Crippen MR) is 110 cm³/mol. The van der Waals surface area contributed by atoms with E-state index in [1.807, 2.05) is 35.5 Å². The average molecular weight is 361 g/mol. The Bertz CT molecular complexity index is 896. The van der Waals surface area contributed by atoms with Gasteiger partial charge in [-0.3, -0.25) is 4.99 Å². The highest BCUT2D eigenvalue weighted by molar-refractivity contribution is 6.06. The topological polar surface area (TPSA) is 61.6 Å². The molecule has 2 unspecified atom stereocenters. The van der Waals surface area contributed by atoms with E-state index in [4.69, 9.17) is 9.73 Å². The van der Waals surface area contributed by atoms with E-state index >= 15 is 0 Å². The Balaban J connectivity index is 1.53. The smallest absolute Gasteiger partial charge is 0.158 e.